The van der Waals surface area contributed by atoms with Crippen molar-refractivity contribution in [2.45, 2.75) is 12.0 Å². The van der Waals surface area contributed by atoms with Gasteiger partial charge < -0.3 is 14.8 Å². The zero-order valence-corrected chi connectivity index (χ0v) is 9.64. The molecule has 1 aromatic rings. The number of nitrogens with one attached hydrogen (secondary N) is 1. The Morgan fingerprint density at radius 3 is 3.24 bits per heavy atom. The normalized spacial score (nSPS) is 23.3. The van der Waals surface area contributed by atoms with Crippen LogP contribution in [0.3, 0.4) is 0 Å². The van der Waals surface area contributed by atoms with Crippen LogP contribution in [0.5, 0.6) is 0 Å². The summed E-state index contributed by atoms with van der Waals surface area (Å²) in [6.45, 7) is 1.83. The predicted octanol–water partition coefficient (Wildman–Crippen LogP) is 0.566. The number of hydrogen-bond acceptors (Lipinski definition) is 6. The highest BCUT2D eigenvalue weighted by molar-refractivity contribution is 5.30. The molecule has 0 aromatic carbocycles. The molecule has 0 spiro atoms. The van der Waals surface area contributed by atoms with E-state index in [0.29, 0.717) is 31.4 Å². The van der Waals surface area contributed by atoms with E-state index in [2.05, 4.69) is 15.3 Å². The fourth-order valence-electron chi connectivity index (χ4n) is 1.71. The molecule has 1 aliphatic rings. The van der Waals surface area contributed by atoms with Crippen LogP contribution < -0.4 is 5.32 Å². The molecule has 0 bridgehead atoms. The largest absolute Gasteiger partial charge is 0.378 e. The third-order valence-electron chi connectivity index (χ3n) is 2.84. The van der Waals surface area contributed by atoms with Crippen molar-refractivity contribution < 1.29 is 9.47 Å². The lowest BCUT2D eigenvalue weighted by atomic mass is 10.0. The summed E-state index contributed by atoms with van der Waals surface area (Å²) in [7, 11) is 1.67. The molecule has 2 heterocycles. The van der Waals surface area contributed by atoms with Crippen molar-refractivity contribution in [3.63, 3.8) is 0 Å². The Kier molecular flexibility index (Phi) is 3.52. The average molecular weight is 234 g/mol. The Morgan fingerprint density at radius 1 is 1.71 bits per heavy atom. The maximum atomic E-state index is 8.73. The van der Waals surface area contributed by atoms with E-state index in [1.807, 2.05) is 6.07 Å². The first-order valence-corrected chi connectivity index (χ1v) is 5.38. The molecular weight excluding hydrogens is 220 g/mol. The number of aromatic nitrogens is 2. The van der Waals surface area contributed by atoms with Gasteiger partial charge in [-0.05, 0) is 6.07 Å². The number of nitriles is 1. The second-order valence-corrected chi connectivity index (χ2v) is 3.92. The molecule has 2 rings (SSSR count). The van der Waals surface area contributed by atoms with Gasteiger partial charge >= 0.3 is 0 Å². The van der Waals surface area contributed by atoms with Crippen molar-refractivity contribution in [1.29, 1.82) is 5.26 Å². The molecule has 90 valence electrons. The Bertz CT molecular complexity index is 424. The van der Waals surface area contributed by atoms with Crippen LogP contribution in [0.15, 0.2) is 12.3 Å². The van der Waals surface area contributed by atoms with Gasteiger partial charge in [-0.3, -0.25) is 0 Å². The molecule has 0 amide bonds. The molecule has 1 fully saturated rings. The molecule has 17 heavy (non-hydrogen) atoms. The Labute approximate surface area is 99.6 Å². The van der Waals surface area contributed by atoms with E-state index in [9.17, 15) is 0 Å². The van der Waals surface area contributed by atoms with E-state index in [4.69, 9.17) is 14.7 Å². The summed E-state index contributed by atoms with van der Waals surface area (Å²) in [6, 6.07) is 3.54. The fraction of sp³-hybridized carbons (Fsp3) is 0.545. The van der Waals surface area contributed by atoms with Gasteiger partial charge in [-0.25, -0.2) is 9.97 Å². The van der Waals surface area contributed by atoms with Crippen LogP contribution in [0.2, 0.25) is 0 Å². The van der Waals surface area contributed by atoms with E-state index in [-0.39, 0.29) is 5.60 Å². The molecule has 6 heteroatoms. The van der Waals surface area contributed by atoms with E-state index >= 15 is 0 Å². The number of methoxy groups -OCH3 is 1. The predicted molar refractivity (Wildman–Crippen MR) is 60.4 cm³/mol. The summed E-state index contributed by atoms with van der Waals surface area (Å²) < 4.78 is 10.8. The highest BCUT2D eigenvalue weighted by Crippen LogP contribution is 2.22. The van der Waals surface area contributed by atoms with Crippen LogP contribution in [0.25, 0.3) is 0 Å². The lowest BCUT2D eigenvalue weighted by Gasteiger charge is -2.25. The second kappa shape index (κ2) is 5.08. The summed E-state index contributed by atoms with van der Waals surface area (Å²) in [5.41, 5.74) is 0.0306. The first kappa shape index (κ1) is 11.8. The van der Waals surface area contributed by atoms with E-state index < -0.39 is 0 Å². The van der Waals surface area contributed by atoms with Crippen molar-refractivity contribution in [3.05, 3.63) is 18.0 Å². The van der Waals surface area contributed by atoms with Crippen LogP contribution in [0.4, 0.5) is 5.95 Å². The van der Waals surface area contributed by atoms with Gasteiger partial charge in [0.25, 0.3) is 0 Å². The fourth-order valence-corrected chi connectivity index (χ4v) is 1.71. The molecule has 1 saturated heterocycles. The number of ether oxygens (including phenoxy) is 2. The molecular formula is C11H14N4O2. The second-order valence-electron chi connectivity index (χ2n) is 3.92. The van der Waals surface area contributed by atoms with Gasteiger partial charge in [0.2, 0.25) is 5.95 Å². The third-order valence-corrected chi connectivity index (χ3v) is 2.84. The number of rotatable bonds is 4. The standard InChI is InChI=1S/C11H14N4O2/c1-16-11(3-5-17-8-11)7-14-10-13-4-2-9(6-12)15-10/h2,4H,3,5,7-8H2,1H3,(H,13,14,15). The number of anilines is 1. The molecule has 1 atom stereocenters. The van der Waals surface area contributed by atoms with Gasteiger partial charge in [0.05, 0.1) is 6.61 Å². The summed E-state index contributed by atoms with van der Waals surface area (Å²) in [5, 5.41) is 11.8. The molecule has 1 aromatic heterocycles. The zero-order valence-electron chi connectivity index (χ0n) is 9.64. The molecule has 6 nitrogen and oxygen atoms in total. The van der Waals surface area contributed by atoms with Crippen molar-refractivity contribution in [1.82, 2.24) is 9.97 Å². The van der Waals surface area contributed by atoms with Gasteiger partial charge in [-0.1, -0.05) is 0 Å². The lowest BCUT2D eigenvalue weighted by molar-refractivity contribution is -0.00631. The van der Waals surface area contributed by atoms with Crippen LogP contribution >= 0.6 is 0 Å². The van der Waals surface area contributed by atoms with E-state index in [1.165, 1.54) is 0 Å². The number of nitrogens with zero attached hydrogens (tertiary/aromatic N) is 3. The SMILES string of the molecule is COC1(CNc2nccc(C#N)n2)CCOC1. The Morgan fingerprint density at radius 2 is 2.59 bits per heavy atom. The maximum Gasteiger partial charge on any atom is 0.223 e. The molecule has 1 unspecified atom stereocenters. The van der Waals surface area contributed by atoms with Gasteiger partial charge in [0.1, 0.15) is 17.4 Å². The van der Waals surface area contributed by atoms with Gasteiger partial charge in [0.15, 0.2) is 0 Å². The minimum absolute atomic E-state index is 0.313. The van der Waals surface area contributed by atoms with Crippen molar-refractivity contribution in [2.24, 2.45) is 0 Å². The smallest absolute Gasteiger partial charge is 0.223 e. The minimum Gasteiger partial charge on any atom is -0.378 e. The molecule has 1 N–H and O–H groups in total. The van der Waals surface area contributed by atoms with Crippen molar-refractivity contribution >= 4 is 5.95 Å². The summed E-state index contributed by atoms with van der Waals surface area (Å²) >= 11 is 0. The van der Waals surface area contributed by atoms with Crippen LogP contribution in [0, 0.1) is 11.3 Å². The van der Waals surface area contributed by atoms with Crippen LogP contribution in [0.1, 0.15) is 12.1 Å². The summed E-state index contributed by atoms with van der Waals surface area (Å²) in [5.74, 6) is 0.437. The minimum atomic E-state index is -0.313. The van der Waals surface area contributed by atoms with Crippen LogP contribution in [-0.4, -0.2) is 42.4 Å². The van der Waals surface area contributed by atoms with E-state index in [0.717, 1.165) is 6.42 Å². The summed E-state index contributed by atoms with van der Waals surface area (Å²) in [4.78, 5) is 8.08. The first-order chi connectivity index (χ1) is 8.28. The van der Waals surface area contributed by atoms with Crippen molar-refractivity contribution in [3.8, 4) is 6.07 Å². The molecule has 0 aliphatic carbocycles. The zero-order chi connectivity index (χ0) is 12.1. The highest BCUT2D eigenvalue weighted by Gasteiger charge is 2.34. The molecule has 1 aliphatic heterocycles. The average Bonchev–Trinajstić information content (AvgIpc) is 2.86. The summed E-state index contributed by atoms with van der Waals surface area (Å²) in [6.07, 6.45) is 2.40. The quantitative estimate of drug-likeness (QED) is 0.820. The molecule has 0 saturated carbocycles. The van der Waals surface area contributed by atoms with Gasteiger partial charge in [0, 0.05) is 32.9 Å². The maximum absolute atomic E-state index is 8.73. The van der Waals surface area contributed by atoms with E-state index in [1.54, 1.807) is 19.4 Å². The highest BCUT2D eigenvalue weighted by atomic mass is 16.5. The monoisotopic (exact) mass is 234 g/mol. The Balaban J connectivity index is 1.99. The van der Waals surface area contributed by atoms with Crippen LogP contribution in [-0.2, 0) is 9.47 Å². The lowest BCUT2D eigenvalue weighted by Crippen LogP contribution is -2.39. The third kappa shape index (κ3) is 2.70. The number of hydrogen-bond donors (Lipinski definition) is 1. The Hall–Kier alpha value is -1.71. The van der Waals surface area contributed by atoms with Gasteiger partial charge in [-0.2, -0.15) is 5.26 Å². The molecule has 0 radical (unpaired) electrons. The first-order valence-electron chi connectivity index (χ1n) is 5.38. The van der Waals surface area contributed by atoms with Crippen molar-refractivity contribution in [2.75, 3.05) is 32.2 Å². The van der Waals surface area contributed by atoms with Gasteiger partial charge in [-0.15, -0.1) is 0 Å². The topological polar surface area (TPSA) is 80.1 Å².